The van der Waals surface area contributed by atoms with Gasteiger partial charge in [-0.2, -0.15) is 0 Å². The van der Waals surface area contributed by atoms with E-state index in [1.165, 1.54) is 48.0 Å². The van der Waals surface area contributed by atoms with Crippen molar-refractivity contribution in [3.63, 3.8) is 0 Å². The Morgan fingerprint density at radius 1 is 1.19 bits per heavy atom. The number of carbonyl (C=O) groups is 1. The van der Waals surface area contributed by atoms with Gasteiger partial charge in [0, 0.05) is 31.7 Å². The Morgan fingerprint density at radius 2 is 2.02 bits per heavy atom. The number of carbonyl (C=O) groups excluding carboxylic acids is 1. The van der Waals surface area contributed by atoms with E-state index in [0.29, 0.717) is 56.3 Å². The van der Waals surface area contributed by atoms with Crippen LogP contribution >= 0.6 is 22.9 Å². The highest BCUT2D eigenvalue weighted by Crippen LogP contribution is 2.34. The van der Waals surface area contributed by atoms with E-state index < -0.39 is 15.7 Å². The largest absolute Gasteiger partial charge is 0.445 e. The molecule has 43 heavy (non-hydrogen) atoms. The highest BCUT2D eigenvalue weighted by Gasteiger charge is 2.28. The van der Waals surface area contributed by atoms with Gasteiger partial charge in [-0.3, -0.25) is 5.32 Å². The number of nitrogens with one attached hydrogen (secondary N) is 2. The lowest BCUT2D eigenvalue weighted by molar-refractivity contribution is 0.0156. The normalized spacial score (nSPS) is 18.7. The van der Waals surface area contributed by atoms with Crippen LogP contribution in [-0.2, 0) is 19.3 Å². The first-order valence-corrected chi connectivity index (χ1v) is 16.0. The summed E-state index contributed by atoms with van der Waals surface area (Å²) in [7, 11) is -4.02. The first-order valence-electron chi connectivity index (χ1n) is 13.4. The number of rotatable bonds is 5. The van der Waals surface area contributed by atoms with E-state index >= 15 is 0 Å². The minimum Gasteiger partial charge on any atom is -0.445 e. The van der Waals surface area contributed by atoms with Gasteiger partial charge in [0.1, 0.15) is 18.2 Å². The van der Waals surface area contributed by atoms with E-state index in [-0.39, 0.29) is 33.1 Å². The van der Waals surface area contributed by atoms with Gasteiger partial charge < -0.3 is 19.7 Å². The summed E-state index contributed by atoms with van der Waals surface area (Å²) >= 11 is 7.78. The zero-order valence-corrected chi connectivity index (χ0v) is 24.9. The van der Waals surface area contributed by atoms with Crippen molar-refractivity contribution in [2.45, 2.75) is 28.4 Å². The SMILES string of the molecule is O=C(O[C@H]1CN[C@H](C#Cc2cc3ncnc(Nc4ccc(S(=O)(=O)c5cccc(F)c5)c(Cl)c4)c3s2)C1)N1CCOCC1. The Labute approximate surface area is 256 Å². The van der Waals surface area contributed by atoms with Crippen molar-refractivity contribution in [3.05, 3.63) is 70.6 Å². The highest BCUT2D eigenvalue weighted by atomic mass is 35.5. The molecular weight excluding hydrogens is 617 g/mol. The Balaban J connectivity index is 1.13. The van der Waals surface area contributed by atoms with Crippen molar-refractivity contribution < 1.29 is 27.1 Å². The second-order valence-corrected chi connectivity index (χ2v) is 13.2. The quantitative estimate of drug-likeness (QED) is 0.301. The van der Waals surface area contributed by atoms with Gasteiger partial charge in [0.2, 0.25) is 9.84 Å². The molecule has 2 aliphatic heterocycles. The highest BCUT2D eigenvalue weighted by molar-refractivity contribution is 7.91. The van der Waals surface area contributed by atoms with Crippen LogP contribution in [0.5, 0.6) is 0 Å². The van der Waals surface area contributed by atoms with Gasteiger partial charge in [-0.05, 0) is 42.5 Å². The van der Waals surface area contributed by atoms with Crippen LogP contribution in [0.25, 0.3) is 10.2 Å². The van der Waals surface area contributed by atoms with Gasteiger partial charge in [0.15, 0.2) is 5.82 Å². The molecule has 2 atom stereocenters. The standard InChI is InChI=1S/C29H25ClFN5O5S2/c30-24-14-20(5-7-26(24)43(38,39)23-3-1-2-18(31)12-23)35-28-27-25(33-17-34-28)15-22(42-27)6-4-19-13-21(16-32-19)41-29(37)36-8-10-40-11-9-36/h1-3,5,7,12,14-15,17,19,21,32H,8-11,13,16H2,(H,33,34,35)/t19-,21-/m1/s1. The summed E-state index contributed by atoms with van der Waals surface area (Å²) in [6.45, 7) is 2.64. The molecule has 2 saturated heterocycles. The van der Waals surface area contributed by atoms with Crippen LogP contribution in [0.1, 0.15) is 11.3 Å². The monoisotopic (exact) mass is 641 g/mol. The third-order valence-electron chi connectivity index (χ3n) is 6.90. The molecule has 2 N–H and O–H groups in total. The van der Waals surface area contributed by atoms with Crippen LogP contribution < -0.4 is 10.6 Å². The van der Waals surface area contributed by atoms with Crippen molar-refractivity contribution >= 4 is 60.6 Å². The number of amides is 1. The van der Waals surface area contributed by atoms with Crippen molar-refractivity contribution in [1.82, 2.24) is 20.2 Å². The Bertz CT molecular complexity index is 1850. The maximum Gasteiger partial charge on any atom is 0.410 e. The fourth-order valence-corrected chi connectivity index (χ4v) is 7.47. The summed E-state index contributed by atoms with van der Waals surface area (Å²) in [5, 5.41) is 6.45. The number of thiophene rings is 1. The number of aromatic nitrogens is 2. The van der Waals surface area contributed by atoms with Crippen molar-refractivity contribution in [3.8, 4) is 11.8 Å². The predicted molar refractivity (Wildman–Crippen MR) is 160 cm³/mol. The van der Waals surface area contributed by atoms with Crippen molar-refractivity contribution in [2.24, 2.45) is 0 Å². The molecule has 0 spiro atoms. The molecule has 0 radical (unpaired) electrons. The number of hydrogen-bond acceptors (Lipinski definition) is 10. The number of benzene rings is 2. The van der Waals surface area contributed by atoms with E-state index in [1.807, 2.05) is 6.07 Å². The van der Waals surface area contributed by atoms with Gasteiger partial charge in [0.05, 0.1) is 49.2 Å². The average molecular weight is 642 g/mol. The Morgan fingerprint density at radius 3 is 2.81 bits per heavy atom. The van der Waals surface area contributed by atoms with Crippen LogP contribution in [0.15, 0.2) is 64.6 Å². The third kappa shape index (κ3) is 6.58. The minimum absolute atomic E-state index is 0.0183. The van der Waals surface area contributed by atoms with Crippen LogP contribution in [0, 0.1) is 17.7 Å². The second-order valence-electron chi connectivity index (χ2n) is 9.85. The van der Waals surface area contributed by atoms with E-state index in [9.17, 15) is 17.6 Å². The predicted octanol–water partition coefficient (Wildman–Crippen LogP) is 4.61. The number of hydrogen-bond donors (Lipinski definition) is 2. The Kier molecular flexibility index (Phi) is 8.47. The van der Waals surface area contributed by atoms with Crippen LogP contribution in [0.2, 0.25) is 5.02 Å². The maximum atomic E-state index is 13.6. The van der Waals surface area contributed by atoms with Gasteiger partial charge in [-0.25, -0.2) is 27.6 Å². The molecule has 0 aliphatic carbocycles. The third-order valence-corrected chi connectivity index (χ3v) is 10.2. The lowest BCUT2D eigenvalue weighted by Gasteiger charge is -2.27. The molecule has 0 bridgehead atoms. The molecule has 222 valence electrons. The van der Waals surface area contributed by atoms with Crippen molar-refractivity contribution in [2.75, 3.05) is 38.2 Å². The van der Waals surface area contributed by atoms with Crippen LogP contribution in [0.3, 0.4) is 0 Å². The number of halogens is 2. The lowest BCUT2D eigenvalue weighted by Crippen LogP contribution is -2.42. The average Bonchev–Trinajstić information content (AvgIpc) is 3.63. The van der Waals surface area contributed by atoms with E-state index in [4.69, 9.17) is 21.1 Å². The van der Waals surface area contributed by atoms with E-state index in [2.05, 4.69) is 32.4 Å². The second kappa shape index (κ2) is 12.4. The summed E-state index contributed by atoms with van der Waals surface area (Å²) in [4.78, 5) is 23.2. The molecule has 1 amide bonds. The summed E-state index contributed by atoms with van der Waals surface area (Å²) in [5.41, 5.74) is 1.21. The summed E-state index contributed by atoms with van der Waals surface area (Å²) < 4.78 is 51.3. The van der Waals surface area contributed by atoms with Gasteiger partial charge >= 0.3 is 6.09 Å². The molecule has 4 heterocycles. The molecule has 2 aliphatic rings. The molecule has 14 heteroatoms. The summed E-state index contributed by atoms with van der Waals surface area (Å²) in [5.74, 6) is 6.25. The molecule has 6 rings (SSSR count). The topological polar surface area (TPSA) is 123 Å². The fourth-order valence-electron chi connectivity index (χ4n) is 4.72. The molecule has 2 fully saturated rings. The first-order chi connectivity index (χ1) is 20.8. The minimum atomic E-state index is -4.02. The molecule has 10 nitrogen and oxygen atoms in total. The molecule has 0 unspecified atom stereocenters. The lowest BCUT2D eigenvalue weighted by atomic mass is 10.2. The number of anilines is 2. The zero-order chi connectivity index (χ0) is 30.0. The number of fused-ring (bicyclic) bond motifs is 1. The van der Waals surface area contributed by atoms with Crippen molar-refractivity contribution in [1.29, 1.82) is 0 Å². The molecule has 0 saturated carbocycles. The summed E-state index contributed by atoms with van der Waals surface area (Å²) in [6, 6.07) is 10.9. The molecule has 2 aromatic heterocycles. The maximum absolute atomic E-state index is 13.6. The zero-order valence-electron chi connectivity index (χ0n) is 22.5. The van der Waals surface area contributed by atoms with Crippen LogP contribution in [0.4, 0.5) is 20.7 Å². The van der Waals surface area contributed by atoms with Gasteiger partial charge in [-0.15, -0.1) is 11.3 Å². The first kappa shape index (κ1) is 29.3. The smallest absolute Gasteiger partial charge is 0.410 e. The molecule has 2 aromatic carbocycles. The number of nitrogens with zero attached hydrogens (tertiary/aromatic N) is 3. The van der Waals surface area contributed by atoms with Crippen LogP contribution in [-0.4, -0.2) is 74.4 Å². The number of morpholine rings is 1. The van der Waals surface area contributed by atoms with E-state index in [1.54, 1.807) is 11.0 Å². The summed E-state index contributed by atoms with van der Waals surface area (Å²) in [6.07, 6.45) is 1.44. The van der Waals surface area contributed by atoms with Gasteiger partial charge in [-0.1, -0.05) is 29.5 Å². The Hall–Kier alpha value is -3.80. The number of sulfone groups is 1. The fraction of sp³-hybridized carbons (Fsp3) is 0.276. The van der Waals surface area contributed by atoms with E-state index in [0.717, 1.165) is 15.6 Å². The number of ether oxygens (including phenoxy) is 2. The molecule has 4 aromatic rings. The molecular formula is C29H25ClFN5O5S2. The van der Waals surface area contributed by atoms with Gasteiger partial charge in [0.25, 0.3) is 0 Å².